The minimum absolute atomic E-state index is 0.0822. The van der Waals surface area contributed by atoms with Gasteiger partial charge in [0.1, 0.15) is 11.2 Å². The molecule has 0 spiro atoms. The largest absolute Gasteiger partial charge is 0.455 e. The van der Waals surface area contributed by atoms with Crippen molar-refractivity contribution in [3.8, 4) is 67.5 Å². The molecule has 3 aromatic heterocycles. The maximum absolute atomic E-state index is 9.89. The van der Waals surface area contributed by atoms with Crippen LogP contribution in [0.4, 0.5) is 0 Å². The molecule has 0 saturated carbocycles. The van der Waals surface area contributed by atoms with Crippen molar-refractivity contribution in [1.29, 1.82) is 0 Å². The van der Waals surface area contributed by atoms with Crippen molar-refractivity contribution >= 4 is 43.5 Å². The Morgan fingerprint density at radius 1 is 0.582 bits per heavy atom. The molecule has 1 aliphatic rings. The van der Waals surface area contributed by atoms with Crippen molar-refractivity contribution in [3.05, 3.63) is 168 Å². The maximum atomic E-state index is 9.89. The third-order valence-electron chi connectivity index (χ3n) is 9.59. The van der Waals surface area contributed by atoms with Gasteiger partial charge in [0.05, 0.1) is 32.2 Å². The van der Waals surface area contributed by atoms with E-state index in [0.717, 1.165) is 0 Å². The zero-order chi connectivity index (χ0) is 52.1. The molecule has 0 unspecified atom stereocenters. The zero-order valence-corrected chi connectivity index (χ0v) is 29.0. The SMILES string of the molecule is [2H]c1nc2c([2H])c([2H])c3c(c2s1)-c1c([2H])c([2H])c(-c2c([2H])c([2H])c([2H])c4c2oc2c(-c5cccc(-c6nc(-c7ccccc7)nc(-c7ccccc7)n6)c5)c([2H])c([2H])c([2H])c24)c([2H])c1C3(C([2H])([2H])[2H])C([2H])([2H])[2H]. The molecule has 0 amide bonds. The first-order valence-corrected chi connectivity index (χ1v) is 17.8. The van der Waals surface area contributed by atoms with Crippen molar-refractivity contribution in [1.82, 2.24) is 19.9 Å². The summed E-state index contributed by atoms with van der Waals surface area (Å²) in [5.41, 5.74) is -6.60. The molecule has 10 aromatic rings. The van der Waals surface area contributed by atoms with Crippen LogP contribution in [-0.4, -0.2) is 19.9 Å². The van der Waals surface area contributed by atoms with E-state index in [-0.39, 0.29) is 54.6 Å². The molecular weight excluding hydrogens is 693 g/mol. The van der Waals surface area contributed by atoms with Crippen LogP contribution < -0.4 is 0 Å². The standard InChI is InChI=1S/C49H32N4OS/c1-49(2)39-24-25-41-45(55-28-50-41)42(39)38-23-22-32(27-40(38)49)35-19-11-21-37-36-20-10-18-34(43(36)54-44(35)37)31-16-9-17-33(26-31)48-52-46(29-12-5-3-6-13-29)51-47(53-48)30-14-7-4-8-15-30/h3-28H,1-2H3/i1D3,2D3,10D,11D,18D,19D,20D,21D,22D,23D,24D,25D,27D,28D. The molecule has 0 radical (unpaired) electrons. The maximum Gasteiger partial charge on any atom is 0.164 e. The third-order valence-corrected chi connectivity index (χ3v) is 10.4. The van der Waals surface area contributed by atoms with Crippen molar-refractivity contribution in [2.24, 2.45) is 0 Å². The van der Waals surface area contributed by atoms with E-state index >= 15 is 0 Å². The minimum Gasteiger partial charge on any atom is -0.455 e. The summed E-state index contributed by atoms with van der Waals surface area (Å²) < 4.78 is 170. The van der Waals surface area contributed by atoms with Crippen LogP contribution in [0.2, 0.25) is 0 Å². The summed E-state index contributed by atoms with van der Waals surface area (Å²) in [5.74, 6) is 0.950. The number of nitrogens with zero attached hydrogens (tertiary/aromatic N) is 4. The molecule has 260 valence electrons. The first-order chi connectivity index (χ1) is 34.5. The molecule has 0 fully saturated rings. The van der Waals surface area contributed by atoms with Crippen LogP contribution in [0.15, 0.2) is 161 Å². The topological polar surface area (TPSA) is 64.7 Å². The highest BCUT2D eigenvalue weighted by Gasteiger charge is 2.37. The molecule has 0 bridgehead atoms. The Bertz CT molecular complexity index is 3970. The molecule has 7 aromatic carbocycles. The van der Waals surface area contributed by atoms with E-state index < -0.39 is 119 Å². The number of benzene rings is 7. The first-order valence-electron chi connectivity index (χ1n) is 26.0. The van der Waals surface area contributed by atoms with Gasteiger partial charge in [-0.25, -0.2) is 19.9 Å². The van der Waals surface area contributed by atoms with Gasteiger partial charge in [-0.2, -0.15) is 0 Å². The fourth-order valence-electron chi connectivity index (χ4n) is 6.99. The minimum atomic E-state index is -3.66. The summed E-state index contributed by atoms with van der Waals surface area (Å²) in [6.07, 6.45) is 0. The van der Waals surface area contributed by atoms with E-state index in [2.05, 4.69) is 4.98 Å². The van der Waals surface area contributed by atoms with Crippen molar-refractivity contribution in [2.45, 2.75) is 19.1 Å². The van der Waals surface area contributed by atoms with E-state index in [1.54, 1.807) is 24.3 Å². The van der Waals surface area contributed by atoms with E-state index in [0.29, 0.717) is 39.7 Å². The molecule has 11 rings (SSSR count). The fourth-order valence-corrected chi connectivity index (χ4v) is 7.72. The van der Waals surface area contributed by atoms with Crippen LogP contribution in [0.3, 0.4) is 0 Å². The van der Waals surface area contributed by atoms with E-state index in [9.17, 15) is 9.60 Å². The van der Waals surface area contributed by atoms with E-state index in [1.807, 2.05) is 60.7 Å². The molecular formula is C49H32N4OS. The second-order valence-electron chi connectivity index (χ2n) is 12.9. The van der Waals surface area contributed by atoms with Crippen LogP contribution in [-0.2, 0) is 5.41 Å². The lowest BCUT2D eigenvalue weighted by Crippen LogP contribution is -2.14. The van der Waals surface area contributed by atoms with Gasteiger partial charge in [0.25, 0.3) is 0 Å². The highest BCUT2D eigenvalue weighted by Crippen LogP contribution is 2.53. The number of fused-ring (bicyclic) bond motifs is 8. The molecule has 55 heavy (non-hydrogen) atoms. The van der Waals surface area contributed by atoms with Crippen LogP contribution in [0.25, 0.3) is 99.7 Å². The lowest BCUT2D eigenvalue weighted by molar-refractivity contribution is 0.660. The van der Waals surface area contributed by atoms with Crippen molar-refractivity contribution in [2.75, 3.05) is 0 Å². The quantitative estimate of drug-likeness (QED) is 0.176. The number of thiazole rings is 1. The van der Waals surface area contributed by atoms with Gasteiger partial charge in [-0.3, -0.25) is 0 Å². The van der Waals surface area contributed by atoms with Gasteiger partial charge in [-0.1, -0.05) is 147 Å². The smallest absolute Gasteiger partial charge is 0.164 e. The van der Waals surface area contributed by atoms with Gasteiger partial charge in [0.2, 0.25) is 0 Å². The Morgan fingerprint density at radius 3 is 1.87 bits per heavy atom. The highest BCUT2D eigenvalue weighted by atomic mass is 32.1. The first kappa shape index (κ1) is 18.5. The second-order valence-corrected chi connectivity index (χ2v) is 13.7. The molecule has 1 aliphatic carbocycles. The third kappa shape index (κ3) is 4.99. The Morgan fingerprint density at radius 2 is 1.20 bits per heavy atom. The molecule has 5 nitrogen and oxygen atoms in total. The zero-order valence-electron chi connectivity index (χ0n) is 46.2. The number of aromatic nitrogens is 4. The summed E-state index contributed by atoms with van der Waals surface area (Å²) in [6, 6.07) is 16.6. The Balaban J connectivity index is 1.21. The predicted octanol–water partition coefficient (Wildman–Crippen LogP) is 13.0. The van der Waals surface area contributed by atoms with Gasteiger partial charge in [-0.15, -0.1) is 11.3 Å². The average molecular weight is 743 g/mol. The molecule has 0 saturated heterocycles. The van der Waals surface area contributed by atoms with Crippen LogP contribution >= 0.6 is 11.3 Å². The molecule has 0 atom stereocenters. The summed E-state index contributed by atoms with van der Waals surface area (Å²) in [6.45, 7) is -7.33. The Labute approximate surface area is 347 Å². The van der Waals surface area contributed by atoms with Gasteiger partial charge in [0, 0.05) is 57.8 Å². The van der Waals surface area contributed by atoms with Crippen molar-refractivity contribution < 1.29 is 29.1 Å². The van der Waals surface area contributed by atoms with Crippen LogP contribution in [0.1, 0.15) is 49.5 Å². The highest BCUT2D eigenvalue weighted by molar-refractivity contribution is 7.17. The molecule has 6 heteroatoms. The summed E-state index contributed by atoms with van der Waals surface area (Å²) in [5, 5.41) is -0.611. The van der Waals surface area contributed by atoms with Crippen LogP contribution in [0.5, 0.6) is 0 Å². The van der Waals surface area contributed by atoms with Crippen molar-refractivity contribution in [3.63, 3.8) is 0 Å². The van der Waals surface area contributed by atoms with Gasteiger partial charge >= 0.3 is 0 Å². The number of para-hydroxylation sites is 2. The second kappa shape index (κ2) is 12.1. The Kier molecular flexibility index (Phi) is 4.09. The summed E-state index contributed by atoms with van der Waals surface area (Å²) >= 11 is 0.629. The number of hydrogen-bond acceptors (Lipinski definition) is 6. The fraction of sp³-hybridized carbons (Fsp3) is 0.0612. The summed E-state index contributed by atoms with van der Waals surface area (Å²) in [4.78, 5) is 18.4. The normalized spacial score (nSPS) is 18.2. The van der Waals surface area contributed by atoms with E-state index in [1.165, 1.54) is 0 Å². The number of rotatable bonds is 5. The lowest BCUT2D eigenvalue weighted by atomic mass is 9.81. The van der Waals surface area contributed by atoms with Gasteiger partial charge in [0.15, 0.2) is 17.5 Å². The van der Waals surface area contributed by atoms with E-state index in [4.69, 9.17) is 34.4 Å². The molecule has 0 N–H and O–H groups in total. The molecule has 0 aliphatic heterocycles. The lowest BCUT2D eigenvalue weighted by Gasteiger charge is -2.22. The monoisotopic (exact) mass is 742 g/mol. The summed E-state index contributed by atoms with van der Waals surface area (Å²) in [7, 11) is 0. The Hall–Kier alpha value is -6.76. The van der Waals surface area contributed by atoms with Crippen LogP contribution in [0, 0.1) is 0 Å². The number of furan rings is 1. The predicted molar refractivity (Wildman–Crippen MR) is 225 cm³/mol. The number of hydrogen-bond donors (Lipinski definition) is 0. The van der Waals surface area contributed by atoms with Gasteiger partial charge in [-0.05, 0) is 46.0 Å². The molecule has 3 heterocycles. The van der Waals surface area contributed by atoms with Gasteiger partial charge < -0.3 is 4.42 Å². The average Bonchev–Trinajstić information content (AvgIpc) is 4.06.